The van der Waals surface area contributed by atoms with Crippen molar-refractivity contribution in [2.24, 2.45) is 0 Å². The number of aromatic nitrogens is 1. The Morgan fingerprint density at radius 3 is 2.45 bits per heavy atom. The number of carbonyl (C=O) groups is 2. The maximum atomic E-state index is 14.1. The first kappa shape index (κ1) is 20.9. The van der Waals surface area contributed by atoms with Gasteiger partial charge in [-0.05, 0) is 56.7 Å². The van der Waals surface area contributed by atoms with Gasteiger partial charge in [-0.15, -0.1) is 0 Å². The number of halogens is 1. The molecule has 2 amide bonds. The largest absolute Gasteiger partial charge is 0.367 e. The monoisotopic (exact) mass is 422 g/mol. The maximum Gasteiger partial charge on any atom is 0.272 e. The fraction of sp³-hybridized carbons (Fsp3) is 0.333. The lowest BCUT2D eigenvalue weighted by molar-refractivity contribution is -0.133. The SMILES string of the molecule is CC(=O)N1[C@H](C)CN(c2cccc(NC(=O)c3cc4c(F)ccc(C)c4[nH]3)c2)C[C@@H]1C. The van der Waals surface area contributed by atoms with Crippen LogP contribution in [-0.2, 0) is 4.79 Å². The summed E-state index contributed by atoms with van der Waals surface area (Å²) in [7, 11) is 0. The Hall–Kier alpha value is -3.35. The quantitative estimate of drug-likeness (QED) is 0.661. The normalized spacial score (nSPS) is 19.0. The number of hydrogen-bond donors (Lipinski definition) is 2. The van der Waals surface area contributed by atoms with Gasteiger partial charge in [0.25, 0.3) is 5.91 Å². The molecule has 0 bridgehead atoms. The molecule has 31 heavy (non-hydrogen) atoms. The fourth-order valence-corrected chi connectivity index (χ4v) is 4.58. The molecule has 1 aliphatic rings. The highest BCUT2D eigenvalue weighted by molar-refractivity contribution is 6.06. The Morgan fingerprint density at radius 1 is 1.10 bits per heavy atom. The van der Waals surface area contributed by atoms with E-state index in [9.17, 15) is 14.0 Å². The molecule has 2 heterocycles. The summed E-state index contributed by atoms with van der Waals surface area (Å²) in [5.41, 5.74) is 3.47. The van der Waals surface area contributed by atoms with Crippen LogP contribution in [0.4, 0.5) is 15.8 Å². The minimum absolute atomic E-state index is 0.0886. The van der Waals surface area contributed by atoms with Crippen molar-refractivity contribution >= 4 is 34.1 Å². The van der Waals surface area contributed by atoms with Crippen LogP contribution in [0.25, 0.3) is 10.9 Å². The number of rotatable bonds is 3. The molecule has 162 valence electrons. The van der Waals surface area contributed by atoms with Crippen molar-refractivity contribution in [2.45, 2.75) is 39.8 Å². The second-order valence-electron chi connectivity index (χ2n) is 8.37. The van der Waals surface area contributed by atoms with E-state index in [4.69, 9.17) is 0 Å². The number of anilines is 2. The zero-order chi connectivity index (χ0) is 22.3. The molecule has 0 spiro atoms. The van der Waals surface area contributed by atoms with Crippen molar-refractivity contribution in [1.82, 2.24) is 9.88 Å². The molecule has 1 aromatic heterocycles. The predicted octanol–water partition coefficient (Wildman–Crippen LogP) is 4.31. The number of fused-ring (bicyclic) bond motifs is 1. The third-order valence-electron chi connectivity index (χ3n) is 5.95. The van der Waals surface area contributed by atoms with E-state index in [1.54, 1.807) is 19.1 Å². The lowest BCUT2D eigenvalue weighted by atomic mass is 10.1. The number of aryl methyl sites for hydroxylation is 1. The van der Waals surface area contributed by atoms with Crippen molar-refractivity contribution in [2.75, 3.05) is 23.3 Å². The van der Waals surface area contributed by atoms with Crippen molar-refractivity contribution < 1.29 is 14.0 Å². The highest BCUT2D eigenvalue weighted by Gasteiger charge is 2.31. The average molecular weight is 423 g/mol. The Bertz CT molecular complexity index is 1100. The second-order valence-corrected chi connectivity index (χ2v) is 8.37. The molecule has 1 saturated heterocycles. The first-order chi connectivity index (χ1) is 14.7. The number of H-pyrrole nitrogens is 1. The van der Waals surface area contributed by atoms with Crippen LogP contribution in [0.5, 0.6) is 0 Å². The van der Waals surface area contributed by atoms with Gasteiger partial charge < -0.3 is 20.1 Å². The Balaban J connectivity index is 1.53. The van der Waals surface area contributed by atoms with Crippen molar-refractivity contribution in [1.29, 1.82) is 0 Å². The van der Waals surface area contributed by atoms with Gasteiger partial charge in [0, 0.05) is 48.9 Å². The number of carbonyl (C=O) groups excluding carboxylic acids is 2. The maximum absolute atomic E-state index is 14.1. The Morgan fingerprint density at radius 2 is 1.81 bits per heavy atom. The lowest BCUT2D eigenvalue weighted by Crippen LogP contribution is -2.58. The number of aromatic amines is 1. The van der Waals surface area contributed by atoms with Gasteiger partial charge in [-0.3, -0.25) is 9.59 Å². The summed E-state index contributed by atoms with van der Waals surface area (Å²) in [6.07, 6.45) is 0. The molecule has 0 saturated carbocycles. The fourth-order valence-electron chi connectivity index (χ4n) is 4.58. The molecule has 2 aromatic carbocycles. The predicted molar refractivity (Wildman–Crippen MR) is 121 cm³/mol. The van der Waals surface area contributed by atoms with Crippen LogP contribution < -0.4 is 10.2 Å². The molecular formula is C24H27FN4O2. The van der Waals surface area contributed by atoms with E-state index in [0.717, 1.165) is 24.3 Å². The molecule has 1 aliphatic heterocycles. The van der Waals surface area contributed by atoms with Crippen molar-refractivity contribution in [3.63, 3.8) is 0 Å². The summed E-state index contributed by atoms with van der Waals surface area (Å²) in [6.45, 7) is 9.02. The van der Waals surface area contributed by atoms with Gasteiger partial charge in [-0.25, -0.2) is 4.39 Å². The summed E-state index contributed by atoms with van der Waals surface area (Å²) in [4.78, 5) is 31.9. The molecule has 0 unspecified atom stereocenters. The van der Waals surface area contributed by atoms with E-state index in [0.29, 0.717) is 22.3 Å². The Labute approximate surface area is 181 Å². The molecule has 3 aromatic rings. The van der Waals surface area contributed by atoms with Crippen molar-refractivity contribution in [3.05, 3.63) is 59.5 Å². The number of piperazine rings is 1. The third-order valence-corrected chi connectivity index (χ3v) is 5.95. The molecule has 2 atom stereocenters. The topological polar surface area (TPSA) is 68.4 Å². The molecule has 1 fully saturated rings. The van der Waals surface area contributed by atoms with Crippen LogP contribution in [-0.4, -0.2) is 46.9 Å². The van der Waals surface area contributed by atoms with Gasteiger partial charge in [0.15, 0.2) is 0 Å². The molecule has 4 rings (SSSR count). The Kier molecular flexibility index (Phi) is 5.43. The van der Waals surface area contributed by atoms with Crippen LogP contribution >= 0.6 is 0 Å². The standard InChI is InChI=1S/C24H27FN4O2/c1-14-8-9-21(25)20-11-22(27-23(14)20)24(31)26-18-6-5-7-19(10-18)28-12-15(2)29(17(4)30)16(3)13-28/h5-11,15-16,27H,12-13H2,1-4H3,(H,26,31)/t15-,16+. The first-order valence-electron chi connectivity index (χ1n) is 10.5. The number of benzene rings is 2. The summed E-state index contributed by atoms with van der Waals surface area (Å²) >= 11 is 0. The van der Waals surface area contributed by atoms with E-state index in [1.165, 1.54) is 6.07 Å². The molecule has 2 N–H and O–H groups in total. The average Bonchev–Trinajstić information content (AvgIpc) is 3.17. The smallest absolute Gasteiger partial charge is 0.272 e. The van der Waals surface area contributed by atoms with E-state index in [2.05, 4.69) is 15.2 Å². The van der Waals surface area contributed by atoms with Crippen LogP contribution in [0.2, 0.25) is 0 Å². The van der Waals surface area contributed by atoms with Crippen LogP contribution in [0.1, 0.15) is 36.8 Å². The van der Waals surface area contributed by atoms with Gasteiger partial charge in [0.2, 0.25) is 5.91 Å². The summed E-state index contributed by atoms with van der Waals surface area (Å²) in [5, 5.41) is 3.31. The van der Waals surface area contributed by atoms with Gasteiger partial charge in [-0.1, -0.05) is 12.1 Å². The van der Waals surface area contributed by atoms with Gasteiger partial charge >= 0.3 is 0 Å². The van der Waals surface area contributed by atoms with E-state index in [-0.39, 0.29) is 29.7 Å². The number of hydrogen-bond acceptors (Lipinski definition) is 3. The van der Waals surface area contributed by atoms with Crippen molar-refractivity contribution in [3.8, 4) is 0 Å². The lowest BCUT2D eigenvalue weighted by Gasteiger charge is -2.45. The van der Waals surface area contributed by atoms with Crippen LogP contribution in [0.15, 0.2) is 42.5 Å². The second kappa shape index (κ2) is 8.06. The first-order valence-corrected chi connectivity index (χ1v) is 10.5. The minimum atomic E-state index is -0.356. The van der Waals surface area contributed by atoms with E-state index in [1.807, 2.05) is 49.9 Å². The minimum Gasteiger partial charge on any atom is -0.367 e. The zero-order valence-electron chi connectivity index (χ0n) is 18.2. The summed E-state index contributed by atoms with van der Waals surface area (Å²) in [5.74, 6) is -0.591. The number of nitrogens with one attached hydrogen (secondary N) is 2. The number of nitrogens with zero attached hydrogens (tertiary/aromatic N) is 2. The summed E-state index contributed by atoms with van der Waals surface area (Å²) in [6, 6.07) is 12.5. The molecule has 0 radical (unpaired) electrons. The van der Waals surface area contributed by atoms with Crippen LogP contribution in [0.3, 0.4) is 0 Å². The highest BCUT2D eigenvalue weighted by atomic mass is 19.1. The summed E-state index contributed by atoms with van der Waals surface area (Å²) < 4.78 is 14.1. The molecule has 7 heteroatoms. The highest BCUT2D eigenvalue weighted by Crippen LogP contribution is 2.26. The molecular weight excluding hydrogens is 395 g/mol. The van der Waals surface area contributed by atoms with Gasteiger partial charge in [0.05, 0.1) is 5.52 Å². The third kappa shape index (κ3) is 4.00. The van der Waals surface area contributed by atoms with Gasteiger partial charge in [-0.2, -0.15) is 0 Å². The number of amides is 2. The zero-order valence-corrected chi connectivity index (χ0v) is 18.2. The van der Waals surface area contributed by atoms with Crippen LogP contribution in [0, 0.1) is 12.7 Å². The van der Waals surface area contributed by atoms with Gasteiger partial charge in [0.1, 0.15) is 11.5 Å². The van der Waals surface area contributed by atoms with E-state index < -0.39 is 0 Å². The molecule has 0 aliphatic carbocycles. The van der Waals surface area contributed by atoms with E-state index >= 15 is 0 Å². The molecule has 6 nitrogen and oxygen atoms in total.